The Kier molecular flexibility index (Phi) is 5.58. The van der Waals surface area contributed by atoms with Crippen LogP contribution in [0.2, 0.25) is 5.02 Å². The van der Waals surface area contributed by atoms with Gasteiger partial charge < -0.3 is 5.32 Å². The Bertz CT molecular complexity index is 565. The van der Waals surface area contributed by atoms with Crippen molar-refractivity contribution >= 4 is 22.9 Å². The fraction of sp³-hybridized carbons (Fsp3) is 0.438. The van der Waals surface area contributed by atoms with Crippen molar-refractivity contribution < 1.29 is 0 Å². The minimum absolute atomic E-state index is 0.577. The quantitative estimate of drug-likeness (QED) is 0.836. The number of hydrogen-bond donors (Lipinski definition) is 1. The highest BCUT2D eigenvalue weighted by Gasteiger charge is 2.06. The van der Waals surface area contributed by atoms with Gasteiger partial charge in [-0.3, -0.25) is 0 Å². The first-order chi connectivity index (χ1) is 9.60. The van der Waals surface area contributed by atoms with Crippen LogP contribution < -0.4 is 5.32 Å². The summed E-state index contributed by atoms with van der Waals surface area (Å²) in [6.45, 7) is 7.42. The Labute approximate surface area is 130 Å². The van der Waals surface area contributed by atoms with Crippen molar-refractivity contribution in [1.82, 2.24) is 10.3 Å². The van der Waals surface area contributed by atoms with Crippen LogP contribution in [-0.2, 0) is 6.42 Å². The molecular formula is C16H21ClN2S. The molecule has 1 heterocycles. The third-order valence-electron chi connectivity index (χ3n) is 3.45. The Morgan fingerprint density at radius 2 is 2.20 bits per heavy atom. The zero-order valence-corrected chi connectivity index (χ0v) is 13.8. The number of aryl methyl sites for hydroxylation is 1. The highest BCUT2D eigenvalue weighted by atomic mass is 35.5. The minimum atomic E-state index is 0.577. The largest absolute Gasteiger partial charge is 0.314 e. The zero-order chi connectivity index (χ0) is 14.5. The number of halogens is 1. The molecule has 2 nitrogen and oxygen atoms in total. The average molecular weight is 309 g/mol. The fourth-order valence-corrected chi connectivity index (χ4v) is 2.86. The van der Waals surface area contributed by atoms with Crippen LogP contribution in [0.5, 0.6) is 0 Å². The monoisotopic (exact) mass is 308 g/mol. The smallest absolute Gasteiger partial charge is 0.0945 e. The summed E-state index contributed by atoms with van der Waals surface area (Å²) in [7, 11) is 0. The van der Waals surface area contributed by atoms with Gasteiger partial charge >= 0.3 is 0 Å². The summed E-state index contributed by atoms with van der Waals surface area (Å²) in [5, 5.41) is 7.61. The highest BCUT2D eigenvalue weighted by Crippen LogP contribution is 2.26. The SMILES string of the molecule is CCC(C)NCCc1nc(-c2ccc(Cl)c(C)c2)cs1. The first-order valence-corrected chi connectivity index (χ1v) is 8.30. The van der Waals surface area contributed by atoms with E-state index in [0.29, 0.717) is 6.04 Å². The Hall–Kier alpha value is -0.900. The topological polar surface area (TPSA) is 24.9 Å². The average Bonchev–Trinajstić information content (AvgIpc) is 2.90. The summed E-state index contributed by atoms with van der Waals surface area (Å²) >= 11 is 7.79. The third kappa shape index (κ3) is 4.05. The van der Waals surface area contributed by atoms with Crippen LogP contribution in [0, 0.1) is 6.92 Å². The number of aromatic nitrogens is 1. The predicted octanol–water partition coefficient (Wildman–Crippen LogP) is 4.70. The van der Waals surface area contributed by atoms with Gasteiger partial charge in [0.05, 0.1) is 10.7 Å². The Balaban J connectivity index is 1.99. The second-order valence-electron chi connectivity index (χ2n) is 5.10. The lowest BCUT2D eigenvalue weighted by Gasteiger charge is -2.09. The van der Waals surface area contributed by atoms with Crippen molar-refractivity contribution in [2.45, 2.75) is 39.7 Å². The van der Waals surface area contributed by atoms with Gasteiger partial charge in [-0.1, -0.05) is 24.6 Å². The van der Waals surface area contributed by atoms with Crippen molar-refractivity contribution in [3.63, 3.8) is 0 Å². The lowest BCUT2D eigenvalue weighted by atomic mass is 10.1. The van der Waals surface area contributed by atoms with Gasteiger partial charge in [-0.2, -0.15) is 0 Å². The molecule has 2 aromatic rings. The Morgan fingerprint density at radius 3 is 2.90 bits per heavy atom. The number of thiazole rings is 1. The van der Waals surface area contributed by atoms with E-state index in [9.17, 15) is 0 Å². The molecule has 1 aromatic heterocycles. The molecule has 0 fully saturated rings. The molecule has 1 N–H and O–H groups in total. The second-order valence-corrected chi connectivity index (χ2v) is 6.45. The number of nitrogens with one attached hydrogen (secondary N) is 1. The summed E-state index contributed by atoms with van der Waals surface area (Å²) < 4.78 is 0. The van der Waals surface area contributed by atoms with E-state index in [1.165, 1.54) is 5.01 Å². The van der Waals surface area contributed by atoms with Crippen molar-refractivity contribution in [3.05, 3.63) is 39.2 Å². The molecule has 0 radical (unpaired) electrons. The molecule has 1 atom stereocenters. The zero-order valence-electron chi connectivity index (χ0n) is 12.2. The molecule has 20 heavy (non-hydrogen) atoms. The van der Waals surface area contributed by atoms with Gasteiger partial charge in [-0.05, 0) is 38.0 Å². The molecule has 0 amide bonds. The maximum atomic E-state index is 6.06. The van der Waals surface area contributed by atoms with E-state index in [1.54, 1.807) is 11.3 Å². The third-order valence-corrected chi connectivity index (χ3v) is 4.78. The molecule has 0 spiro atoms. The predicted molar refractivity (Wildman–Crippen MR) is 88.8 cm³/mol. The number of nitrogens with zero attached hydrogens (tertiary/aromatic N) is 1. The van der Waals surface area contributed by atoms with Crippen molar-refractivity contribution in [2.24, 2.45) is 0 Å². The molecule has 0 aliphatic rings. The van der Waals surface area contributed by atoms with Gasteiger partial charge in [0.25, 0.3) is 0 Å². The Morgan fingerprint density at radius 1 is 1.40 bits per heavy atom. The summed E-state index contributed by atoms with van der Waals surface area (Å²) in [5.41, 5.74) is 3.29. The first kappa shape index (κ1) is 15.5. The van der Waals surface area contributed by atoms with E-state index in [1.807, 2.05) is 19.1 Å². The van der Waals surface area contributed by atoms with E-state index >= 15 is 0 Å². The summed E-state index contributed by atoms with van der Waals surface area (Å²) in [6.07, 6.45) is 2.15. The van der Waals surface area contributed by atoms with E-state index in [4.69, 9.17) is 16.6 Å². The van der Waals surface area contributed by atoms with Gasteiger partial charge in [0.1, 0.15) is 0 Å². The molecule has 0 bridgehead atoms. The summed E-state index contributed by atoms with van der Waals surface area (Å²) in [6, 6.07) is 6.65. The molecule has 1 aromatic carbocycles. The highest BCUT2D eigenvalue weighted by molar-refractivity contribution is 7.09. The van der Waals surface area contributed by atoms with E-state index in [0.717, 1.165) is 41.2 Å². The van der Waals surface area contributed by atoms with E-state index in [2.05, 4.69) is 30.6 Å². The van der Waals surface area contributed by atoms with Crippen LogP contribution in [-0.4, -0.2) is 17.6 Å². The molecule has 4 heteroatoms. The molecule has 1 unspecified atom stereocenters. The summed E-state index contributed by atoms with van der Waals surface area (Å²) in [4.78, 5) is 4.71. The standard InChI is InChI=1S/C16H21ClN2S/c1-4-12(3)18-8-7-16-19-15(10-20-16)13-5-6-14(17)11(2)9-13/h5-6,9-10,12,18H,4,7-8H2,1-3H3. The van der Waals surface area contributed by atoms with Gasteiger partial charge in [0.2, 0.25) is 0 Å². The first-order valence-electron chi connectivity index (χ1n) is 7.04. The van der Waals surface area contributed by atoms with Crippen LogP contribution in [0.4, 0.5) is 0 Å². The lowest BCUT2D eigenvalue weighted by Crippen LogP contribution is -2.27. The van der Waals surface area contributed by atoms with Gasteiger partial charge in [0.15, 0.2) is 0 Å². The molecule has 0 saturated carbocycles. The van der Waals surface area contributed by atoms with Crippen molar-refractivity contribution in [3.8, 4) is 11.3 Å². The molecular weight excluding hydrogens is 288 g/mol. The van der Waals surface area contributed by atoms with Crippen molar-refractivity contribution in [1.29, 1.82) is 0 Å². The number of hydrogen-bond acceptors (Lipinski definition) is 3. The maximum Gasteiger partial charge on any atom is 0.0945 e. The maximum absolute atomic E-state index is 6.06. The normalized spacial score (nSPS) is 12.6. The number of rotatable bonds is 6. The van der Waals surface area contributed by atoms with Gasteiger partial charge in [-0.15, -0.1) is 11.3 Å². The van der Waals surface area contributed by atoms with Gasteiger partial charge in [-0.25, -0.2) is 4.98 Å². The van der Waals surface area contributed by atoms with Crippen LogP contribution in [0.15, 0.2) is 23.6 Å². The lowest BCUT2D eigenvalue weighted by molar-refractivity contribution is 0.537. The molecule has 2 rings (SSSR count). The van der Waals surface area contributed by atoms with Crippen LogP contribution >= 0.6 is 22.9 Å². The molecule has 0 aliphatic carbocycles. The molecule has 0 saturated heterocycles. The van der Waals surface area contributed by atoms with Gasteiger partial charge in [0, 0.05) is 35.0 Å². The minimum Gasteiger partial charge on any atom is -0.314 e. The fourth-order valence-electron chi connectivity index (χ4n) is 1.93. The van der Waals surface area contributed by atoms with Crippen molar-refractivity contribution in [2.75, 3.05) is 6.54 Å². The second kappa shape index (κ2) is 7.21. The summed E-state index contributed by atoms with van der Waals surface area (Å²) in [5.74, 6) is 0. The van der Waals surface area contributed by atoms with Crippen LogP contribution in [0.1, 0.15) is 30.8 Å². The van der Waals surface area contributed by atoms with Crippen LogP contribution in [0.3, 0.4) is 0 Å². The molecule has 108 valence electrons. The number of benzene rings is 1. The van der Waals surface area contributed by atoms with E-state index < -0.39 is 0 Å². The van der Waals surface area contributed by atoms with Crippen LogP contribution in [0.25, 0.3) is 11.3 Å². The van der Waals surface area contributed by atoms with E-state index in [-0.39, 0.29) is 0 Å². The molecule has 0 aliphatic heterocycles.